The van der Waals surface area contributed by atoms with Crippen molar-refractivity contribution in [3.05, 3.63) is 89.5 Å². The van der Waals surface area contributed by atoms with Crippen molar-refractivity contribution in [1.82, 2.24) is 0 Å². The van der Waals surface area contributed by atoms with Crippen molar-refractivity contribution in [3.63, 3.8) is 0 Å². The molecule has 0 heterocycles. The number of esters is 1. The lowest BCUT2D eigenvalue weighted by molar-refractivity contribution is 0.00695. The largest absolute Gasteiger partial charge is 0.488 e. The monoisotopic (exact) mass is 388 g/mol. The van der Waals surface area contributed by atoms with Gasteiger partial charge in [-0.25, -0.2) is 4.79 Å². The predicted molar refractivity (Wildman–Crippen MR) is 113 cm³/mol. The minimum absolute atomic E-state index is 0.354. The lowest BCUT2D eigenvalue weighted by atomic mass is 10.0. The predicted octanol–water partition coefficient (Wildman–Crippen LogP) is 5.70. The highest BCUT2D eigenvalue weighted by molar-refractivity contribution is 5.90. The molecule has 3 aromatic rings. The highest BCUT2D eigenvalue weighted by Gasteiger charge is 2.17. The van der Waals surface area contributed by atoms with E-state index >= 15 is 0 Å². The van der Waals surface area contributed by atoms with Gasteiger partial charge >= 0.3 is 5.97 Å². The van der Waals surface area contributed by atoms with Crippen molar-refractivity contribution < 1.29 is 19.1 Å². The molecule has 148 valence electrons. The normalized spacial score (nSPS) is 11.0. The van der Waals surface area contributed by atoms with Crippen LogP contribution in [-0.4, -0.2) is 17.9 Å². The maximum absolute atomic E-state index is 12.2. The summed E-state index contributed by atoms with van der Waals surface area (Å²) in [4.78, 5) is 23.6. The molecule has 0 saturated carbocycles. The Morgan fingerprint density at radius 2 is 1.55 bits per heavy atom. The van der Waals surface area contributed by atoms with Gasteiger partial charge in [0.15, 0.2) is 6.29 Å². The third-order valence-corrected chi connectivity index (χ3v) is 4.23. The number of aldehydes is 1. The van der Waals surface area contributed by atoms with Crippen LogP contribution in [-0.2, 0) is 11.3 Å². The van der Waals surface area contributed by atoms with Gasteiger partial charge in [0.25, 0.3) is 0 Å². The number of rotatable bonds is 6. The average molecular weight is 388 g/mol. The first-order valence-corrected chi connectivity index (χ1v) is 9.45. The Labute approximate surface area is 171 Å². The molecule has 3 aromatic carbocycles. The Hall–Kier alpha value is -3.40. The van der Waals surface area contributed by atoms with Gasteiger partial charge in [0.2, 0.25) is 0 Å². The summed E-state index contributed by atoms with van der Waals surface area (Å²) in [6.45, 7) is 5.89. The van der Waals surface area contributed by atoms with E-state index in [1.54, 1.807) is 18.2 Å². The lowest BCUT2D eigenvalue weighted by Gasteiger charge is -2.19. The molecule has 0 aliphatic carbocycles. The molecule has 3 rings (SSSR count). The van der Waals surface area contributed by atoms with Crippen molar-refractivity contribution in [2.24, 2.45) is 0 Å². The third-order valence-electron chi connectivity index (χ3n) is 4.23. The van der Waals surface area contributed by atoms with Crippen LogP contribution in [0, 0.1) is 0 Å². The molecule has 0 aromatic heterocycles. The molecule has 0 aliphatic rings. The molecule has 0 fully saturated rings. The molecule has 0 spiro atoms. The Bertz CT molecular complexity index is 984. The summed E-state index contributed by atoms with van der Waals surface area (Å²) in [7, 11) is 0. The van der Waals surface area contributed by atoms with E-state index in [0.717, 1.165) is 23.0 Å². The van der Waals surface area contributed by atoms with Gasteiger partial charge in [0, 0.05) is 0 Å². The van der Waals surface area contributed by atoms with Gasteiger partial charge in [-0.3, -0.25) is 4.79 Å². The zero-order valence-electron chi connectivity index (χ0n) is 16.8. The highest BCUT2D eigenvalue weighted by atomic mass is 16.6. The van der Waals surface area contributed by atoms with Gasteiger partial charge in [0.1, 0.15) is 18.0 Å². The fourth-order valence-electron chi connectivity index (χ4n) is 2.81. The summed E-state index contributed by atoms with van der Waals surface area (Å²) in [5, 5.41) is 0. The first kappa shape index (κ1) is 20.3. The zero-order chi connectivity index (χ0) is 20.9. The smallest absolute Gasteiger partial charge is 0.338 e. The Balaban J connectivity index is 1.80. The number of hydrogen-bond donors (Lipinski definition) is 0. The van der Waals surface area contributed by atoms with Gasteiger partial charge < -0.3 is 9.47 Å². The van der Waals surface area contributed by atoms with Crippen LogP contribution in [0.3, 0.4) is 0 Å². The van der Waals surface area contributed by atoms with Crippen molar-refractivity contribution in [2.75, 3.05) is 0 Å². The number of carbonyl (C=O) groups is 2. The van der Waals surface area contributed by atoms with E-state index in [4.69, 9.17) is 9.47 Å². The average Bonchev–Trinajstić information content (AvgIpc) is 2.71. The fraction of sp³-hybridized carbons (Fsp3) is 0.200. The first-order valence-electron chi connectivity index (χ1n) is 9.45. The first-order chi connectivity index (χ1) is 13.9. The van der Waals surface area contributed by atoms with Crippen LogP contribution in [0.1, 0.15) is 47.1 Å². The molecule has 0 atom stereocenters. The van der Waals surface area contributed by atoms with Crippen molar-refractivity contribution in [1.29, 1.82) is 0 Å². The molecule has 4 heteroatoms. The lowest BCUT2D eigenvalue weighted by Crippen LogP contribution is -2.23. The quantitative estimate of drug-likeness (QED) is 0.401. The minimum atomic E-state index is -0.536. The zero-order valence-corrected chi connectivity index (χ0v) is 16.8. The van der Waals surface area contributed by atoms with Crippen LogP contribution in [0.15, 0.2) is 72.8 Å². The fourth-order valence-corrected chi connectivity index (χ4v) is 2.81. The SMILES string of the molecule is CC(C)(C)OC(=O)c1ccc(-c2ccc(C=O)c(OCc3ccccc3)c2)cc1. The molecule has 0 unspecified atom stereocenters. The van der Waals surface area contributed by atoms with Crippen molar-refractivity contribution in [3.8, 4) is 16.9 Å². The van der Waals surface area contributed by atoms with Gasteiger partial charge in [-0.2, -0.15) is 0 Å². The number of ether oxygens (including phenoxy) is 2. The van der Waals surface area contributed by atoms with Crippen LogP contribution in [0.25, 0.3) is 11.1 Å². The summed E-state index contributed by atoms with van der Waals surface area (Å²) in [6, 6.07) is 22.4. The second-order valence-electron chi connectivity index (χ2n) is 7.72. The maximum Gasteiger partial charge on any atom is 0.338 e. The molecule has 0 bridgehead atoms. The molecule has 29 heavy (non-hydrogen) atoms. The van der Waals surface area contributed by atoms with Gasteiger partial charge in [-0.05, 0) is 61.7 Å². The number of carbonyl (C=O) groups excluding carboxylic acids is 2. The highest BCUT2D eigenvalue weighted by Crippen LogP contribution is 2.28. The Morgan fingerprint density at radius 1 is 0.897 bits per heavy atom. The molecule has 0 aliphatic heterocycles. The van der Waals surface area contributed by atoms with E-state index in [0.29, 0.717) is 23.5 Å². The number of benzene rings is 3. The van der Waals surface area contributed by atoms with Gasteiger partial charge in [-0.15, -0.1) is 0 Å². The van der Waals surface area contributed by atoms with Crippen LogP contribution in [0.2, 0.25) is 0 Å². The summed E-state index contributed by atoms with van der Waals surface area (Å²) in [5.41, 5.74) is 3.29. The summed E-state index contributed by atoms with van der Waals surface area (Å²) in [6.07, 6.45) is 0.787. The van der Waals surface area contributed by atoms with E-state index in [1.807, 2.05) is 75.4 Å². The molecule has 0 saturated heterocycles. The summed E-state index contributed by atoms with van der Waals surface area (Å²) in [5.74, 6) is 0.171. The molecule has 0 N–H and O–H groups in total. The standard InChI is InChI=1S/C25H24O4/c1-25(2,3)29-24(27)20-11-9-19(10-12-20)21-13-14-22(16-26)23(15-21)28-17-18-7-5-4-6-8-18/h4-16H,17H2,1-3H3. The van der Waals surface area contributed by atoms with E-state index in [-0.39, 0.29) is 5.97 Å². The van der Waals surface area contributed by atoms with E-state index < -0.39 is 5.60 Å². The van der Waals surface area contributed by atoms with E-state index in [2.05, 4.69) is 0 Å². The molecule has 0 amide bonds. The van der Waals surface area contributed by atoms with Crippen LogP contribution >= 0.6 is 0 Å². The van der Waals surface area contributed by atoms with Crippen LogP contribution in [0.5, 0.6) is 5.75 Å². The van der Waals surface area contributed by atoms with Crippen LogP contribution in [0.4, 0.5) is 0 Å². The second kappa shape index (κ2) is 8.74. The number of hydrogen-bond acceptors (Lipinski definition) is 4. The van der Waals surface area contributed by atoms with Crippen LogP contribution < -0.4 is 4.74 Å². The maximum atomic E-state index is 12.2. The third kappa shape index (κ3) is 5.55. The molecular formula is C25H24O4. The molecular weight excluding hydrogens is 364 g/mol. The topological polar surface area (TPSA) is 52.6 Å². The van der Waals surface area contributed by atoms with Crippen molar-refractivity contribution >= 4 is 12.3 Å². The minimum Gasteiger partial charge on any atom is -0.488 e. The summed E-state index contributed by atoms with van der Waals surface area (Å²) < 4.78 is 11.3. The van der Waals surface area contributed by atoms with E-state index in [1.165, 1.54) is 0 Å². The van der Waals surface area contributed by atoms with Gasteiger partial charge in [-0.1, -0.05) is 48.5 Å². The Kier molecular flexibility index (Phi) is 6.13. The van der Waals surface area contributed by atoms with Crippen molar-refractivity contribution in [2.45, 2.75) is 33.0 Å². The van der Waals surface area contributed by atoms with Gasteiger partial charge in [0.05, 0.1) is 11.1 Å². The van der Waals surface area contributed by atoms with E-state index in [9.17, 15) is 9.59 Å². The Morgan fingerprint density at radius 3 is 2.17 bits per heavy atom. The summed E-state index contributed by atoms with van der Waals surface area (Å²) >= 11 is 0. The molecule has 4 nitrogen and oxygen atoms in total. The second-order valence-corrected chi connectivity index (χ2v) is 7.72. The molecule has 0 radical (unpaired) electrons.